The van der Waals surface area contributed by atoms with Crippen molar-refractivity contribution in [1.29, 1.82) is 0 Å². The zero-order valence-corrected chi connectivity index (χ0v) is 15.8. The highest BCUT2D eigenvalue weighted by Gasteiger charge is 2.32. The van der Waals surface area contributed by atoms with Crippen LogP contribution >= 0.6 is 23.4 Å². The SMILES string of the molecule is COc1ccc(CCN2C(=O)CS[C@H]2c2ccc(Cl)cc2)cc1OC. The van der Waals surface area contributed by atoms with E-state index in [-0.39, 0.29) is 11.3 Å². The molecule has 0 aromatic heterocycles. The second kappa shape index (κ2) is 8.02. The Hall–Kier alpha value is -1.85. The van der Waals surface area contributed by atoms with Gasteiger partial charge in [-0.05, 0) is 41.8 Å². The van der Waals surface area contributed by atoms with Crippen LogP contribution in [-0.2, 0) is 11.2 Å². The zero-order chi connectivity index (χ0) is 17.8. The van der Waals surface area contributed by atoms with Crippen LogP contribution in [0.4, 0.5) is 0 Å². The van der Waals surface area contributed by atoms with Crippen molar-refractivity contribution in [3.05, 3.63) is 58.6 Å². The maximum absolute atomic E-state index is 12.3. The number of thioether (sulfide) groups is 1. The molecule has 0 bridgehead atoms. The number of rotatable bonds is 6. The van der Waals surface area contributed by atoms with Gasteiger partial charge in [-0.1, -0.05) is 29.8 Å². The summed E-state index contributed by atoms with van der Waals surface area (Å²) in [6.45, 7) is 0.661. The predicted molar refractivity (Wildman–Crippen MR) is 102 cm³/mol. The number of carbonyl (C=O) groups is 1. The maximum Gasteiger partial charge on any atom is 0.233 e. The summed E-state index contributed by atoms with van der Waals surface area (Å²) in [6.07, 6.45) is 0.761. The fraction of sp³-hybridized carbons (Fsp3) is 0.316. The fourth-order valence-electron chi connectivity index (χ4n) is 2.89. The fourth-order valence-corrected chi connectivity index (χ4v) is 4.23. The molecule has 0 spiro atoms. The van der Waals surface area contributed by atoms with Gasteiger partial charge in [-0.2, -0.15) is 0 Å². The van der Waals surface area contributed by atoms with Gasteiger partial charge >= 0.3 is 0 Å². The van der Waals surface area contributed by atoms with E-state index in [1.807, 2.05) is 47.4 Å². The Labute approximate surface area is 157 Å². The van der Waals surface area contributed by atoms with Crippen LogP contribution in [0.3, 0.4) is 0 Å². The molecule has 2 aromatic rings. The first-order valence-corrected chi connectivity index (χ1v) is 9.42. The molecule has 0 aliphatic carbocycles. The van der Waals surface area contributed by atoms with Crippen LogP contribution in [-0.4, -0.2) is 37.3 Å². The first kappa shape index (κ1) is 18.0. The number of methoxy groups -OCH3 is 2. The van der Waals surface area contributed by atoms with Crippen molar-refractivity contribution in [2.45, 2.75) is 11.8 Å². The number of amides is 1. The summed E-state index contributed by atoms with van der Waals surface area (Å²) in [6, 6.07) is 13.6. The van der Waals surface area contributed by atoms with Gasteiger partial charge in [-0.3, -0.25) is 4.79 Å². The molecule has 1 aliphatic rings. The number of nitrogens with zero attached hydrogens (tertiary/aromatic N) is 1. The molecule has 0 N–H and O–H groups in total. The second-order valence-electron chi connectivity index (χ2n) is 5.74. The summed E-state index contributed by atoms with van der Waals surface area (Å²) in [5, 5.41) is 0.750. The molecule has 132 valence electrons. The molecule has 25 heavy (non-hydrogen) atoms. The van der Waals surface area contributed by atoms with Crippen molar-refractivity contribution in [2.24, 2.45) is 0 Å². The number of halogens is 1. The quantitative estimate of drug-likeness (QED) is 0.757. The molecule has 1 saturated heterocycles. The van der Waals surface area contributed by atoms with E-state index in [2.05, 4.69) is 0 Å². The summed E-state index contributed by atoms with van der Waals surface area (Å²) in [5.74, 6) is 2.10. The Kier molecular flexibility index (Phi) is 5.76. The minimum absolute atomic E-state index is 0.0462. The van der Waals surface area contributed by atoms with Crippen molar-refractivity contribution in [3.8, 4) is 11.5 Å². The van der Waals surface area contributed by atoms with Crippen LogP contribution in [0.25, 0.3) is 0 Å². The van der Waals surface area contributed by atoms with Crippen molar-refractivity contribution < 1.29 is 14.3 Å². The first-order chi connectivity index (χ1) is 12.1. The summed E-state index contributed by atoms with van der Waals surface area (Å²) >= 11 is 7.62. The van der Waals surface area contributed by atoms with Gasteiger partial charge in [0.25, 0.3) is 0 Å². The summed E-state index contributed by atoms with van der Waals surface area (Å²) < 4.78 is 10.6. The van der Waals surface area contributed by atoms with E-state index in [0.717, 1.165) is 17.5 Å². The van der Waals surface area contributed by atoms with Gasteiger partial charge < -0.3 is 14.4 Å². The van der Waals surface area contributed by atoms with E-state index < -0.39 is 0 Å². The molecule has 0 radical (unpaired) electrons. The van der Waals surface area contributed by atoms with Gasteiger partial charge in [0.1, 0.15) is 5.37 Å². The smallest absolute Gasteiger partial charge is 0.233 e. The Morgan fingerprint density at radius 3 is 2.52 bits per heavy atom. The third-order valence-corrected chi connectivity index (χ3v) is 5.72. The molecule has 3 rings (SSSR count). The standard InChI is InChI=1S/C19H20ClNO3S/c1-23-16-8-3-13(11-17(16)24-2)9-10-21-18(22)12-25-19(21)14-4-6-15(20)7-5-14/h3-8,11,19H,9-10,12H2,1-2H3/t19-/m0/s1. The van der Waals surface area contributed by atoms with Crippen LogP contribution in [0, 0.1) is 0 Å². The molecular weight excluding hydrogens is 358 g/mol. The normalized spacial score (nSPS) is 17.0. The van der Waals surface area contributed by atoms with Crippen molar-refractivity contribution in [2.75, 3.05) is 26.5 Å². The summed E-state index contributed by atoms with van der Waals surface area (Å²) in [5.41, 5.74) is 2.21. The lowest BCUT2D eigenvalue weighted by Gasteiger charge is -2.24. The molecule has 0 saturated carbocycles. The average molecular weight is 378 g/mol. The van der Waals surface area contributed by atoms with E-state index in [0.29, 0.717) is 28.8 Å². The highest BCUT2D eigenvalue weighted by atomic mass is 35.5. The number of hydrogen-bond donors (Lipinski definition) is 0. The van der Waals surface area contributed by atoms with Crippen molar-refractivity contribution >= 4 is 29.3 Å². The van der Waals surface area contributed by atoms with Crippen molar-refractivity contribution in [1.82, 2.24) is 4.90 Å². The summed E-state index contributed by atoms with van der Waals surface area (Å²) in [7, 11) is 3.24. The van der Waals surface area contributed by atoms with Crippen LogP contribution in [0.15, 0.2) is 42.5 Å². The lowest BCUT2D eigenvalue weighted by atomic mass is 10.1. The van der Waals surface area contributed by atoms with Gasteiger partial charge in [0, 0.05) is 11.6 Å². The third kappa shape index (κ3) is 4.05. The Morgan fingerprint density at radius 2 is 1.84 bits per heavy atom. The van der Waals surface area contributed by atoms with Crippen LogP contribution in [0.1, 0.15) is 16.5 Å². The predicted octanol–water partition coefficient (Wildman–Crippen LogP) is 4.17. The molecule has 1 aliphatic heterocycles. The molecule has 1 atom stereocenters. The molecule has 6 heteroatoms. The van der Waals surface area contributed by atoms with E-state index in [4.69, 9.17) is 21.1 Å². The van der Waals surface area contributed by atoms with E-state index in [1.165, 1.54) is 0 Å². The number of benzene rings is 2. The van der Waals surface area contributed by atoms with Crippen LogP contribution in [0.2, 0.25) is 5.02 Å². The first-order valence-electron chi connectivity index (χ1n) is 8.00. The largest absolute Gasteiger partial charge is 0.493 e. The molecule has 1 fully saturated rings. The number of ether oxygens (including phenoxy) is 2. The molecule has 4 nitrogen and oxygen atoms in total. The minimum Gasteiger partial charge on any atom is -0.493 e. The summed E-state index contributed by atoms with van der Waals surface area (Å²) in [4.78, 5) is 14.2. The van der Waals surface area contributed by atoms with Gasteiger partial charge in [-0.15, -0.1) is 11.8 Å². The molecule has 1 amide bonds. The van der Waals surface area contributed by atoms with Crippen molar-refractivity contribution in [3.63, 3.8) is 0 Å². The maximum atomic E-state index is 12.3. The molecular formula is C19H20ClNO3S. The second-order valence-corrected chi connectivity index (χ2v) is 7.25. The Morgan fingerprint density at radius 1 is 1.12 bits per heavy atom. The molecule has 0 unspecified atom stereocenters. The highest BCUT2D eigenvalue weighted by molar-refractivity contribution is 8.00. The van der Waals surface area contributed by atoms with Gasteiger partial charge in [0.05, 0.1) is 20.0 Å². The monoisotopic (exact) mass is 377 g/mol. The lowest BCUT2D eigenvalue weighted by Crippen LogP contribution is -2.30. The van der Waals surface area contributed by atoms with Gasteiger partial charge in [-0.25, -0.2) is 0 Å². The molecule has 2 aromatic carbocycles. The number of hydrogen-bond acceptors (Lipinski definition) is 4. The lowest BCUT2D eigenvalue weighted by molar-refractivity contribution is -0.128. The van der Waals surface area contributed by atoms with E-state index >= 15 is 0 Å². The average Bonchev–Trinajstić information content (AvgIpc) is 3.01. The van der Waals surface area contributed by atoms with E-state index in [9.17, 15) is 4.79 Å². The van der Waals surface area contributed by atoms with Crippen LogP contribution in [0.5, 0.6) is 11.5 Å². The Balaban J connectivity index is 1.72. The van der Waals surface area contributed by atoms with Gasteiger partial charge in [0.2, 0.25) is 5.91 Å². The van der Waals surface area contributed by atoms with Gasteiger partial charge in [0.15, 0.2) is 11.5 Å². The number of carbonyl (C=O) groups excluding carboxylic acids is 1. The zero-order valence-electron chi connectivity index (χ0n) is 14.2. The molecule has 1 heterocycles. The highest BCUT2D eigenvalue weighted by Crippen LogP contribution is 2.39. The van der Waals surface area contributed by atoms with Crippen LogP contribution < -0.4 is 9.47 Å². The third-order valence-electron chi connectivity index (χ3n) is 4.21. The Bertz CT molecular complexity index is 751. The topological polar surface area (TPSA) is 38.8 Å². The minimum atomic E-state index is 0.0462. The van der Waals surface area contributed by atoms with E-state index in [1.54, 1.807) is 26.0 Å².